The molecule has 0 radical (unpaired) electrons. The van der Waals surface area contributed by atoms with Gasteiger partial charge in [-0.1, -0.05) is 44.2 Å². The molecule has 0 spiro atoms. The Hall–Kier alpha value is -1.31. The molecule has 0 N–H and O–H groups in total. The quantitative estimate of drug-likeness (QED) is 0.756. The predicted molar refractivity (Wildman–Crippen MR) is 71.2 cm³/mol. The van der Waals surface area contributed by atoms with E-state index in [0.717, 1.165) is 24.3 Å². The molecule has 2 nitrogen and oxygen atoms in total. The van der Waals surface area contributed by atoms with Crippen LogP contribution in [0.25, 0.3) is 0 Å². The van der Waals surface area contributed by atoms with Gasteiger partial charge in [0.1, 0.15) is 5.75 Å². The minimum absolute atomic E-state index is 0.278. The molecule has 0 bridgehead atoms. The van der Waals surface area contributed by atoms with Crippen molar-refractivity contribution in [2.24, 2.45) is 5.92 Å². The van der Waals surface area contributed by atoms with E-state index in [-0.39, 0.29) is 5.78 Å². The molecular weight excluding hydrogens is 224 g/mol. The first-order valence-corrected chi connectivity index (χ1v) is 7.12. The second-order valence-corrected chi connectivity index (χ2v) is 5.52. The maximum absolute atomic E-state index is 12.4. The Morgan fingerprint density at radius 1 is 1.22 bits per heavy atom. The molecule has 1 aromatic carbocycles. The Morgan fingerprint density at radius 2 is 2.06 bits per heavy atom. The highest BCUT2D eigenvalue weighted by molar-refractivity contribution is 5.99. The molecule has 1 aromatic rings. The lowest BCUT2D eigenvalue weighted by Gasteiger charge is -2.21. The summed E-state index contributed by atoms with van der Waals surface area (Å²) in [5.74, 6) is 1.74. The van der Waals surface area contributed by atoms with Crippen molar-refractivity contribution < 1.29 is 9.53 Å². The zero-order valence-corrected chi connectivity index (χ0v) is 10.8. The molecule has 0 unspecified atom stereocenters. The van der Waals surface area contributed by atoms with E-state index >= 15 is 0 Å². The van der Waals surface area contributed by atoms with Crippen LogP contribution in [-0.4, -0.2) is 12.4 Å². The van der Waals surface area contributed by atoms with Crippen molar-refractivity contribution in [3.63, 3.8) is 0 Å². The molecule has 0 aromatic heterocycles. The van der Waals surface area contributed by atoms with Crippen LogP contribution in [0, 0.1) is 5.92 Å². The van der Waals surface area contributed by atoms with Gasteiger partial charge < -0.3 is 4.74 Å². The highest BCUT2D eigenvalue weighted by atomic mass is 16.5. The summed E-state index contributed by atoms with van der Waals surface area (Å²) in [6.45, 7) is 0.725. The summed E-state index contributed by atoms with van der Waals surface area (Å²) < 4.78 is 5.62. The third kappa shape index (κ3) is 2.29. The number of para-hydroxylation sites is 1. The van der Waals surface area contributed by atoms with Crippen LogP contribution in [0.15, 0.2) is 18.2 Å². The van der Waals surface area contributed by atoms with E-state index in [0.29, 0.717) is 12.3 Å². The summed E-state index contributed by atoms with van der Waals surface area (Å²) in [6.07, 6.45) is 8.03. The molecule has 96 valence electrons. The predicted octanol–water partition coefficient (Wildman–Crippen LogP) is 3.77. The molecule has 1 heterocycles. The second kappa shape index (κ2) is 5.13. The Labute approximate surface area is 108 Å². The van der Waals surface area contributed by atoms with E-state index < -0.39 is 0 Å². The van der Waals surface area contributed by atoms with Gasteiger partial charge in [-0.25, -0.2) is 0 Å². The van der Waals surface area contributed by atoms with Gasteiger partial charge in [0.25, 0.3) is 0 Å². The molecule has 0 atom stereocenters. The van der Waals surface area contributed by atoms with Gasteiger partial charge in [-0.15, -0.1) is 0 Å². The topological polar surface area (TPSA) is 26.3 Å². The number of hydrogen-bond donors (Lipinski definition) is 0. The van der Waals surface area contributed by atoms with Crippen molar-refractivity contribution >= 4 is 5.78 Å². The van der Waals surface area contributed by atoms with Gasteiger partial charge >= 0.3 is 0 Å². The summed E-state index contributed by atoms with van der Waals surface area (Å²) >= 11 is 0. The Bertz CT molecular complexity index is 444. The van der Waals surface area contributed by atoms with Crippen LogP contribution >= 0.6 is 0 Å². The highest BCUT2D eigenvalue weighted by Crippen LogP contribution is 2.33. The van der Waals surface area contributed by atoms with Crippen LogP contribution in [0.3, 0.4) is 0 Å². The van der Waals surface area contributed by atoms with E-state index in [4.69, 9.17) is 4.74 Å². The van der Waals surface area contributed by atoms with Gasteiger partial charge in [0.05, 0.1) is 12.2 Å². The normalized spacial score (nSPS) is 19.3. The molecule has 1 saturated carbocycles. The maximum atomic E-state index is 12.4. The van der Waals surface area contributed by atoms with Gasteiger partial charge in [-0.3, -0.25) is 4.79 Å². The Morgan fingerprint density at radius 3 is 2.89 bits per heavy atom. The van der Waals surface area contributed by atoms with Crippen LogP contribution in [0.2, 0.25) is 0 Å². The number of ketones is 1. The van der Waals surface area contributed by atoms with E-state index in [1.807, 2.05) is 12.1 Å². The minimum Gasteiger partial charge on any atom is -0.492 e. The third-order valence-electron chi connectivity index (χ3n) is 4.21. The molecule has 2 heteroatoms. The number of Topliss-reactive ketones (excluding diaryl/α,β-unsaturated/α-hetero) is 1. The first kappa shape index (κ1) is 11.8. The molecule has 2 aliphatic rings. The number of carbonyl (C=O) groups is 1. The first-order valence-electron chi connectivity index (χ1n) is 7.12. The van der Waals surface area contributed by atoms with E-state index in [2.05, 4.69) is 6.07 Å². The van der Waals surface area contributed by atoms with E-state index in [9.17, 15) is 4.79 Å². The van der Waals surface area contributed by atoms with Crippen molar-refractivity contribution in [2.75, 3.05) is 6.61 Å². The zero-order chi connectivity index (χ0) is 12.4. The molecule has 3 rings (SSSR count). The van der Waals surface area contributed by atoms with Gasteiger partial charge in [0.15, 0.2) is 5.78 Å². The summed E-state index contributed by atoms with van der Waals surface area (Å²) in [7, 11) is 0. The van der Waals surface area contributed by atoms with Gasteiger partial charge in [0, 0.05) is 12.8 Å². The van der Waals surface area contributed by atoms with Crippen molar-refractivity contribution in [1.29, 1.82) is 0 Å². The molecule has 18 heavy (non-hydrogen) atoms. The van der Waals surface area contributed by atoms with Gasteiger partial charge in [-0.05, 0) is 17.5 Å². The first-order chi connectivity index (χ1) is 8.84. The standard InChI is InChI=1S/C16H20O2/c17-15(11-12-5-2-1-3-6-12)14-8-4-7-13-9-10-18-16(13)14/h4,7-8,12H,1-3,5-6,9-11H2. The van der Waals surface area contributed by atoms with Crippen molar-refractivity contribution in [3.8, 4) is 5.75 Å². The summed E-state index contributed by atoms with van der Waals surface area (Å²) in [5, 5.41) is 0. The lowest BCUT2D eigenvalue weighted by atomic mass is 9.84. The Kier molecular flexibility index (Phi) is 3.35. The van der Waals surface area contributed by atoms with Gasteiger partial charge in [-0.2, -0.15) is 0 Å². The van der Waals surface area contributed by atoms with Crippen molar-refractivity contribution in [1.82, 2.24) is 0 Å². The van der Waals surface area contributed by atoms with Crippen LogP contribution in [0.5, 0.6) is 5.75 Å². The molecule has 1 aliphatic heterocycles. The van der Waals surface area contributed by atoms with Crippen LogP contribution in [-0.2, 0) is 6.42 Å². The fraction of sp³-hybridized carbons (Fsp3) is 0.562. The number of benzene rings is 1. The number of carbonyl (C=O) groups excluding carboxylic acids is 1. The molecule has 0 saturated heterocycles. The average molecular weight is 244 g/mol. The number of fused-ring (bicyclic) bond motifs is 1. The molecular formula is C16H20O2. The third-order valence-corrected chi connectivity index (χ3v) is 4.21. The largest absolute Gasteiger partial charge is 0.492 e. The molecule has 0 amide bonds. The van der Waals surface area contributed by atoms with E-state index in [1.165, 1.54) is 37.7 Å². The van der Waals surface area contributed by atoms with E-state index in [1.54, 1.807) is 0 Å². The lowest BCUT2D eigenvalue weighted by molar-refractivity contribution is 0.0947. The monoisotopic (exact) mass is 244 g/mol. The summed E-state index contributed by atoms with van der Waals surface area (Å²) in [5.41, 5.74) is 2.01. The number of hydrogen-bond acceptors (Lipinski definition) is 2. The zero-order valence-electron chi connectivity index (χ0n) is 10.8. The fourth-order valence-corrected chi connectivity index (χ4v) is 3.20. The highest BCUT2D eigenvalue weighted by Gasteiger charge is 2.23. The SMILES string of the molecule is O=C(CC1CCCCC1)c1cccc2c1OCC2. The molecule has 1 aliphatic carbocycles. The minimum atomic E-state index is 0.278. The van der Waals surface area contributed by atoms with Crippen molar-refractivity contribution in [3.05, 3.63) is 29.3 Å². The maximum Gasteiger partial charge on any atom is 0.166 e. The van der Waals surface area contributed by atoms with Crippen LogP contribution < -0.4 is 4.74 Å². The van der Waals surface area contributed by atoms with Gasteiger partial charge in [0.2, 0.25) is 0 Å². The summed E-state index contributed by atoms with van der Waals surface area (Å²) in [6, 6.07) is 5.98. The number of ether oxygens (including phenoxy) is 1. The van der Waals surface area contributed by atoms with Crippen LogP contribution in [0.4, 0.5) is 0 Å². The molecule has 1 fully saturated rings. The smallest absolute Gasteiger partial charge is 0.166 e. The fourth-order valence-electron chi connectivity index (χ4n) is 3.20. The average Bonchev–Trinajstić information content (AvgIpc) is 2.87. The second-order valence-electron chi connectivity index (χ2n) is 5.52. The Balaban J connectivity index is 1.74. The van der Waals surface area contributed by atoms with Crippen molar-refractivity contribution in [2.45, 2.75) is 44.9 Å². The summed E-state index contributed by atoms with van der Waals surface area (Å²) in [4.78, 5) is 12.4. The number of rotatable bonds is 3. The van der Waals surface area contributed by atoms with Crippen LogP contribution in [0.1, 0.15) is 54.4 Å². The lowest BCUT2D eigenvalue weighted by Crippen LogP contribution is -2.12.